The van der Waals surface area contributed by atoms with Gasteiger partial charge >= 0.3 is 18.2 Å². The van der Waals surface area contributed by atoms with Crippen molar-refractivity contribution in [2.45, 2.75) is 39.5 Å². The summed E-state index contributed by atoms with van der Waals surface area (Å²) in [5.74, 6) is -2.08. The summed E-state index contributed by atoms with van der Waals surface area (Å²) in [7, 11) is 1.16. The summed E-state index contributed by atoms with van der Waals surface area (Å²) < 4.78 is 46.7. The molecule has 0 spiro atoms. The highest BCUT2D eigenvalue weighted by Gasteiger charge is 2.31. The lowest BCUT2D eigenvalue weighted by Gasteiger charge is -2.27. The van der Waals surface area contributed by atoms with E-state index in [4.69, 9.17) is 4.74 Å². The molecule has 0 aromatic heterocycles. The van der Waals surface area contributed by atoms with Gasteiger partial charge in [0.2, 0.25) is 0 Å². The first-order chi connectivity index (χ1) is 18.7. The summed E-state index contributed by atoms with van der Waals surface area (Å²) in [5.41, 5.74) is 3.88. The fraction of sp³-hybridized carbons (Fsp3) is 0.333. The number of carbonyl (C=O) groups excluding carboxylic acids is 2. The molecule has 0 saturated carbocycles. The van der Waals surface area contributed by atoms with Gasteiger partial charge in [0, 0.05) is 36.6 Å². The van der Waals surface area contributed by atoms with Crippen molar-refractivity contribution in [1.82, 2.24) is 0 Å². The van der Waals surface area contributed by atoms with Gasteiger partial charge in [0.05, 0.1) is 7.11 Å². The largest absolute Gasteiger partial charge is 0.573 e. The zero-order valence-corrected chi connectivity index (χ0v) is 22.3. The Hall–Kier alpha value is -4.01. The van der Waals surface area contributed by atoms with Gasteiger partial charge in [0.15, 0.2) is 0 Å². The molecule has 0 unspecified atom stereocenters. The molecule has 208 valence electrons. The van der Waals surface area contributed by atoms with Crippen LogP contribution < -0.4 is 14.5 Å². The maximum absolute atomic E-state index is 13.0. The number of benzene rings is 3. The number of esters is 1. The Morgan fingerprint density at radius 1 is 0.872 bits per heavy atom. The van der Waals surface area contributed by atoms with Crippen LogP contribution in [0.15, 0.2) is 72.8 Å². The Balaban J connectivity index is 1.95. The molecule has 0 atom stereocenters. The number of amides is 1. The number of aryl methyl sites for hydroxylation is 1. The number of hydrogen-bond donors (Lipinski definition) is 0. The fourth-order valence-corrected chi connectivity index (χ4v) is 4.39. The molecule has 3 aromatic rings. The maximum Gasteiger partial charge on any atom is 0.573 e. The number of hydrogen-bond acceptors (Lipinski definition) is 5. The second-order valence-electron chi connectivity index (χ2n) is 8.84. The van der Waals surface area contributed by atoms with Crippen LogP contribution in [0.4, 0.5) is 24.5 Å². The predicted octanol–water partition coefficient (Wildman–Crippen LogP) is 6.63. The summed E-state index contributed by atoms with van der Waals surface area (Å²) in [6.45, 7) is 5.69. The van der Waals surface area contributed by atoms with Crippen molar-refractivity contribution < 1.29 is 32.2 Å². The van der Waals surface area contributed by atoms with E-state index in [0.717, 1.165) is 25.6 Å². The van der Waals surface area contributed by atoms with Gasteiger partial charge in [-0.05, 0) is 74.6 Å². The highest BCUT2D eigenvalue weighted by molar-refractivity contribution is 6.38. The van der Waals surface area contributed by atoms with Crippen LogP contribution in [0, 0.1) is 0 Å². The minimum absolute atomic E-state index is 0.295. The van der Waals surface area contributed by atoms with Crippen molar-refractivity contribution >= 4 is 23.3 Å². The highest BCUT2D eigenvalue weighted by atomic mass is 19.4. The summed E-state index contributed by atoms with van der Waals surface area (Å²) in [6.07, 6.45) is -2.50. The van der Waals surface area contributed by atoms with Gasteiger partial charge in [0.1, 0.15) is 5.75 Å². The van der Waals surface area contributed by atoms with Crippen molar-refractivity contribution in [2.75, 3.05) is 36.5 Å². The van der Waals surface area contributed by atoms with Gasteiger partial charge < -0.3 is 19.3 Å². The normalized spacial score (nSPS) is 11.1. The van der Waals surface area contributed by atoms with Crippen molar-refractivity contribution in [3.63, 3.8) is 0 Å². The van der Waals surface area contributed by atoms with Gasteiger partial charge in [-0.25, -0.2) is 4.79 Å². The minimum Gasteiger partial charge on any atom is -0.462 e. The van der Waals surface area contributed by atoms with E-state index in [1.807, 2.05) is 50.2 Å². The molecule has 0 aliphatic carbocycles. The first-order valence-corrected chi connectivity index (χ1v) is 12.9. The molecule has 6 nitrogen and oxygen atoms in total. The lowest BCUT2D eigenvalue weighted by molar-refractivity contribution is -0.274. The van der Waals surface area contributed by atoms with E-state index in [-0.39, 0.29) is 5.75 Å². The molecular weight excluding hydrogens is 509 g/mol. The predicted molar refractivity (Wildman–Crippen MR) is 146 cm³/mol. The summed E-state index contributed by atoms with van der Waals surface area (Å²) in [5, 5.41) is 0. The average molecular weight is 543 g/mol. The second kappa shape index (κ2) is 13.7. The van der Waals surface area contributed by atoms with Crippen molar-refractivity contribution in [2.24, 2.45) is 0 Å². The number of alkyl halides is 3. The molecule has 0 saturated heterocycles. The molecule has 0 fully saturated rings. The fourth-order valence-electron chi connectivity index (χ4n) is 4.39. The first-order valence-electron chi connectivity index (χ1n) is 12.9. The van der Waals surface area contributed by atoms with Gasteiger partial charge in [-0.1, -0.05) is 42.5 Å². The van der Waals surface area contributed by atoms with Crippen LogP contribution in [-0.2, 0) is 20.7 Å². The molecule has 9 heteroatoms. The molecular formula is C30H33F3N2O4. The Bertz CT molecular complexity index is 1230. The van der Waals surface area contributed by atoms with Crippen molar-refractivity contribution in [3.05, 3.63) is 78.4 Å². The zero-order valence-electron chi connectivity index (χ0n) is 22.3. The van der Waals surface area contributed by atoms with E-state index in [2.05, 4.69) is 9.64 Å². The molecule has 0 aliphatic heterocycles. The molecule has 3 rings (SSSR count). The molecule has 1 amide bonds. The second-order valence-corrected chi connectivity index (χ2v) is 8.84. The van der Waals surface area contributed by atoms with E-state index >= 15 is 0 Å². The maximum atomic E-state index is 13.0. The third-order valence-corrected chi connectivity index (χ3v) is 6.34. The van der Waals surface area contributed by atoms with Crippen LogP contribution >= 0.6 is 0 Å². The highest BCUT2D eigenvalue weighted by Crippen LogP contribution is 2.36. The van der Waals surface area contributed by atoms with Gasteiger partial charge in [-0.15, -0.1) is 13.2 Å². The number of methoxy groups -OCH3 is 1. The first kappa shape index (κ1) is 29.5. The van der Waals surface area contributed by atoms with Gasteiger partial charge in [-0.3, -0.25) is 4.79 Å². The third kappa shape index (κ3) is 8.24. The molecule has 0 N–H and O–H groups in total. The molecule has 0 heterocycles. The zero-order chi connectivity index (χ0) is 28.4. The Labute approximate surface area is 226 Å². The van der Waals surface area contributed by atoms with Crippen LogP contribution in [0.3, 0.4) is 0 Å². The van der Waals surface area contributed by atoms with Crippen LogP contribution in [-0.4, -0.2) is 45.0 Å². The average Bonchev–Trinajstić information content (AvgIpc) is 2.93. The lowest BCUT2D eigenvalue weighted by Crippen LogP contribution is -2.38. The van der Waals surface area contributed by atoms with Gasteiger partial charge in [0.25, 0.3) is 0 Å². The molecule has 39 heavy (non-hydrogen) atoms. The van der Waals surface area contributed by atoms with E-state index in [0.29, 0.717) is 42.9 Å². The van der Waals surface area contributed by atoms with Crippen molar-refractivity contribution in [1.29, 1.82) is 0 Å². The topological polar surface area (TPSA) is 59.1 Å². The van der Waals surface area contributed by atoms with Crippen LogP contribution in [0.1, 0.15) is 32.3 Å². The van der Waals surface area contributed by atoms with E-state index < -0.39 is 18.2 Å². The molecule has 0 radical (unpaired) electrons. The number of nitrogens with zero attached hydrogens (tertiary/aromatic N) is 2. The van der Waals surface area contributed by atoms with E-state index in [1.54, 1.807) is 24.3 Å². The lowest BCUT2D eigenvalue weighted by atomic mass is 10.0. The van der Waals surface area contributed by atoms with E-state index in [1.165, 1.54) is 22.6 Å². The van der Waals surface area contributed by atoms with Gasteiger partial charge in [-0.2, -0.15) is 0 Å². The number of unbranched alkanes of at least 4 members (excludes halogenated alkanes) is 1. The Morgan fingerprint density at radius 2 is 1.54 bits per heavy atom. The SMILES string of the molecule is CCN(CC)c1ccc(N(CCCCc2ccccc2)C(=O)C(=O)OC)cc1-c1ccc(OC(F)(F)F)cc1. The summed E-state index contributed by atoms with van der Waals surface area (Å²) in [4.78, 5) is 28.7. The van der Waals surface area contributed by atoms with Crippen molar-refractivity contribution in [3.8, 4) is 16.9 Å². The van der Waals surface area contributed by atoms with Crippen LogP contribution in [0.2, 0.25) is 0 Å². The number of rotatable bonds is 11. The number of halogens is 3. The monoisotopic (exact) mass is 542 g/mol. The third-order valence-electron chi connectivity index (χ3n) is 6.34. The van der Waals surface area contributed by atoms with E-state index in [9.17, 15) is 22.8 Å². The smallest absolute Gasteiger partial charge is 0.462 e. The standard InChI is InChI=1S/C30H33F3N2O4/c1-4-34(5-2)27-19-16-24(21-26(27)23-14-17-25(18-15-23)39-30(31,32)33)35(28(36)29(37)38-3)20-10-9-13-22-11-7-6-8-12-22/h6-8,11-12,14-19,21H,4-5,9-10,13,20H2,1-3H3. The number of ether oxygens (including phenoxy) is 2. The molecule has 3 aromatic carbocycles. The summed E-state index contributed by atoms with van der Waals surface area (Å²) in [6, 6.07) is 21.0. The number of carbonyl (C=O) groups is 2. The number of anilines is 2. The van der Waals surface area contributed by atoms with Crippen LogP contribution in [0.5, 0.6) is 5.75 Å². The Kier molecular flexibility index (Phi) is 10.4. The van der Waals surface area contributed by atoms with Crippen LogP contribution in [0.25, 0.3) is 11.1 Å². The quantitative estimate of drug-likeness (QED) is 0.155. The minimum atomic E-state index is -4.79. The Morgan fingerprint density at radius 3 is 2.13 bits per heavy atom. The summed E-state index contributed by atoms with van der Waals surface area (Å²) >= 11 is 0. The molecule has 0 bridgehead atoms. The molecule has 0 aliphatic rings.